The predicted octanol–water partition coefficient (Wildman–Crippen LogP) is 1.45. The number of rotatable bonds is 6. The lowest BCUT2D eigenvalue weighted by Gasteiger charge is -2.19. The molecule has 0 saturated carbocycles. The average Bonchev–Trinajstić information content (AvgIpc) is 2.16. The first-order valence-corrected chi connectivity index (χ1v) is 4.59. The zero-order valence-corrected chi connectivity index (χ0v) is 8.80. The normalized spacial score (nSPS) is 10.2. The highest BCUT2D eigenvalue weighted by molar-refractivity contribution is 5.71. The van der Waals surface area contributed by atoms with Gasteiger partial charge in [0.05, 0.1) is 13.7 Å². The molecule has 0 rings (SSSR count). The summed E-state index contributed by atoms with van der Waals surface area (Å²) >= 11 is 0. The first-order valence-electron chi connectivity index (χ1n) is 4.59. The summed E-state index contributed by atoms with van der Waals surface area (Å²) in [6.07, 6.45) is 0.956. The van der Waals surface area contributed by atoms with Crippen molar-refractivity contribution in [3.8, 4) is 0 Å². The second-order valence-corrected chi connectivity index (χ2v) is 2.98. The van der Waals surface area contributed by atoms with Crippen LogP contribution in [0, 0.1) is 0 Å². The van der Waals surface area contributed by atoms with E-state index in [2.05, 4.69) is 18.2 Å². The van der Waals surface area contributed by atoms with Crippen molar-refractivity contribution in [2.75, 3.05) is 26.7 Å². The van der Waals surface area contributed by atoms with Crippen molar-refractivity contribution in [1.29, 1.82) is 0 Å². The van der Waals surface area contributed by atoms with Crippen LogP contribution in [0.15, 0.2) is 12.2 Å². The van der Waals surface area contributed by atoms with Crippen LogP contribution >= 0.6 is 0 Å². The Kier molecular flexibility index (Phi) is 6.24. The van der Waals surface area contributed by atoms with Crippen LogP contribution in [0.3, 0.4) is 0 Å². The quantitative estimate of drug-likeness (QED) is 0.463. The number of hydrogen-bond donors (Lipinski definition) is 0. The molecule has 0 spiro atoms. The van der Waals surface area contributed by atoms with Gasteiger partial charge in [0.2, 0.25) is 0 Å². The number of carbonyl (C=O) groups excluding carboxylic acids is 1. The fourth-order valence-corrected chi connectivity index (χ4v) is 0.955. The molecule has 0 aromatic heterocycles. The number of esters is 1. The third kappa shape index (κ3) is 5.42. The van der Waals surface area contributed by atoms with E-state index in [0.717, 1.165) is 25.1 Å². The lowest BCUT2D eigenvalue weighted by Crippen LogP contribution is -2.31. The second kappa shape index (κ2) is 6.66. The van der Waals surface area contributed by atoms with Crippen LogP contribution in [0.5, 0.6) is 0 Å². The molecule has 76 valence electrons. The Morgan fingerprint density at radius 2 is 2.00 bits per heavy atom. The fraction of sp³-hybridized carbons (Fsp3) is 0.700. The van der Waals surface area contributed by atoms with E-state index in [1.165, 1.54) is 7.11 Å². The van der Waals surface area contributed by atoms with Gasteiger partial charge in [-0.3, -0.25) is 9.69 Å². The van der Waals surface area contributed by atoms with Gasteiger partial charge in [-0.25, -0.2) is 0 Å². The number of methoxy groups -OCH3 is 1. The zero-order chi connectivity index (χ0) is 10.3. The Bertz CT molecular complexity index is 160. The minimum absolute atomic E-state index is 0.189. The van der Waals surface area contributed by atoms with Crippen molar-refractivity contribution in [3.63, 3.8) is 0 Å². The first kappa shape index (κ1) is 12.2. The maximum atomic E-state index is 11.0. The van der Waals surface area contributed by atoms with Crippen molar-refractivity contribution < 1.29 is 9.53 Å². The minimum Gasteiger partial charge on any atom is -0.468 e. The van der Waals surface area contributed by atoms with Crippen molar-refractivity contribution in [2.24, 2.45) is 0 Å². The summed E-state index contributed by atoms with van der Waals surface area (Å²) < 4.78 is 4.59. The fourth-order valence-electron chi connectivity index (χ4n) is 0.955. The van der Waals surface area contributed by atoms with Gasteiger partial charge in [0.25, 0.3) is 0 Å². The number of nitrogens with zero attached hydrogens (tertiary/aromatic N) is 1. The number of hydrogen-bond acceptors (Lipinski definition) is 3. The minimum atomic E-state index is -0.189. The van der Waals surface area contributed by atoms with Gasteiger partial charge in [-0.1, -0.05) is 26.0 Å². The topological polar surface area (TPSA) is 29.5 Å². The molecule has 0 atom stereocenters. The molecule has 0 saturated heterocycles. The van der Waals surface area contributed by atoms with Gasteiger partial charge < -0.3 is 4.74 Å². The Balaban J connectivity index is 3.89. The van der Waals surface area contributed by atoms with Crippen LogP contribution in [0.1, 0.15) is 20.3 Å². The molecule has 0 heterocycles. The van der Waals surface area contributed by atoms with E-state index >= 15 is 0 Å². The Morgan fingerprint density at radius 3 is 2.38 bits per heavy atom. The van der Waals surface area contributed by atoms with Gasteiger partial charge in [0, 0.05) is 6.54 Å². The molecule has 3 nitrogen and oxygen atoms in total. The Hall–Kier alpha value is -0.830. The maximum Gasteiger partial charge on any atom is 0.319 e. The third-order valence-electron chi connectivity index (χ3n) is 1.97. The van der Waals surface area contributed by atoms with E-state index in [1.54, 1.807) is 0 Å². The van der Waals surface area contributed by atoms with Gasteiger partial charge in [-0.2, -0.15) is 0 Å². The molecule has 0 fully saturated rings. The highest BCUT2D eigenvalue weighted by Gasteiger charge is 2.08. The highest BCUT2D eigenvalue weighted by Crippen LogP contribution is 2.00. The first-order chi connectivity index (χ1) is 6.13. The molecule has 0 aliphatic rings. The van der Waals surface area contributed by atoms with Crippen molar-refractivity contribution in [3.05, 3.63) is 12.2 Å². The van der Waals surface area contributed by atoms with Gasteiger partial charge in [-0.15, -0.1) is 0 Å². The summed E-state index contributed by atoms with van der Waals surface area (Å²) in [6, 6.07) is 0. The van der Waals surface area contributed by atoms with E-state index < -0.39 is 0 Å². The molecular weight excluding hydrogens is 166 g/mol. The standard InChI is InChI=1S/C10H19NO2/c1-5-9(3)7-11(6-2)8-10(12)13-4/h3,5-8H2,1-2,4H3. The highest BCUT2D eigenvalue weighted by atomic mass is 16.5. The maximum absolute atomic E-state index is 11.0. The molecule has 0 amide bonds. The molecular formula is C10H19NO2. The predicted molar refractivity (Wildman–Crippen MR) is 53.6 cm³/mol. The van der Waals surface area contributed by atoms with Crippen LogP contribution in [0.25, 0.3) is 0 Å². The molecule has 0 N–H and O–H groups in total. The van der Waals surface area contributed by atoms with E-state index in [1.807, 2.05) is 11.8 Å². The van der Waals surface area contributed by atoms with Gasteiger partial charge in [0.15, 0.2) is 0 Å². The van der Waals surface area contributed by atoms with E-state index in [-0.39, 0.29) is 5.97 Å². The molecule has 0 aliphatic heterocycles. The molecule has 0 radical (unpaired) electrons. The summed E-state index contributed by atoms with van der Waals surface area (Å²) in [7, 11) is 1.41. The smallest absolute Gasteiger partial charge is 0.319 e. The summed E-state index contributed by atoms with van der Waals surface area (Å²) in [6.45, 7) is 9.96. The molecule has 0 bridgehead atoms. The largest absolute Gasteiger partial charge is 0.468 e. The Morgan fingerprint density at radius 1 is 1.38 bits per heavy atom. The van der Waals surface area contributed by atoms with Crippen LogP contribution in [0.4, 0.5) is 0 Å². The van der Waals surface area contributed by atoms with E-state index in [9.17, 15) is 4.79 Å². The van der Waals surface area contributed by atoms with E-state index in [0.29, 0.717) is 6.54 Å². The number of ether oxygens (including phenoxy) is 1. The van der Waals surface area contributed by atoms with Gasteiger partial charge in [0.1, 0.15) is 0 Å². The summed E-state index contributed by atoms with van der Waals surface area (Å²) in [5.74, 6) is -0.189. The van der Waals surface area contributed by atoms with Crippen molar-refractivity contribution in [2.45, 2.75) is 20.3 Å². The van der Waals surface area contributed by atoms with Gasteiger partial charge in [-0.05, 0) is 13.0 Å². The van der Waals surface area contributed by atoms with Crippen molar-refractivity contribution >= 4 is 5.97 Å². The zero-order valence-electron chi connectivity index (χ0n) is 8.80. The monoisotopic (exact) mass is 185 g/mol. The number of likely N-dealkylation sites (N-methyl/N-ethyl adjacent to an activating group) is 1. The van der Waals surface area contributed by atoms with Crippen molar-refractivity contribution in [1.82, 2.24) is 4.90 Å². The van der Waals surface area contributed by atoms with Crippen LogP contribution in [-0.2, 0) is 9.53 Å². The Labute approximate surface area is 80.4 Å². The summed E-state index contributed by atoms with van der Waals surface area (Å²) in [4.78, 5) is 13.0. The summed E-state index contributed by atoms with van der Waals surface area (Å²) in [5.41, 5.74) is 1.14. The number of carbonyl (C=O) groups is 1. The second-order valence-electron chi connectivity index (χ2n) is 2.98. The third-order valence-corrected chi connectivity index (χ3v) is 1.97. The van der Waals surface area contributed by atoms with Crippen LogP contribution < -0.4 is 0 Å². The molecule has 13 heavy (non-hydrogen) atoms. The molecule has 3 heteroatoms. The molecule has 0 aromatic rings. The SMILES string of the molecule is C=C(CC)CN(CC)CC(=O)OC. The van der Waals surface area contributed by atoms with E-state index in [4.69, 9.17) is 0 Å². The lowest BCUT2D eigenvalue weighted by molar-refractivity contribution is -0.141. The lowest BCUT2D eigenvalue weighted by atomic mass is 10.2. The van der Waals surface area contributed by atoms with Gasteiger partial charge >= 0.3 is 5.97 Å². The average molecular weight is 185 g/mol. The van der Waals surface area contributed by atoms with Crippen LogP contribution in [0.2, 0.25) is 0 Å². The summed E-state index contributed by atoms with van der Waals surface area (Å²) in [5, 5.41) is 0. The van der Waals surface area contributed by atoms with Crippen LogP contribution in [-0.4, -0.2) is 37.6 Å². The molecule has 0 aliphatic carbocycles. The molecule has 0 unspecified atom stereocenters. The molecule has 0 aromatic carbocycles.